The maximum absolute atomic E-state index is 14.4. The first-order chi connectivity index (χ1) is 23.7. The Morgan fingerprint density at radius 2 is 1.94 bits per heavy atom. The predicted octanol–water partition coefficient (Wildman–Crippen LogP) is 2.96. The van der Waals surface area contributed by atoms with Crippen molar-refractivity contribution in [3.05, 3.63) is 47.3 Å². The number of hydroxylamine groups is 1. The van der Waals surface area contributed by atoms with Crippen molar-refractivity contribution in [3.8, 4) is 0 Å². The van der Waals surface area contributed by atoms with Crippen LogP contribution in [0.25, 0.3) is 0 Å². The fraction of sp³-hybridized carbons (Fsp3) is 0.629. The number of amides is 5. The van der Waals surface area contributed by atoms with Crippen molar-refractivity contribution in [2.75, 3.05) is 13.2 Å². The monoisotopic (exact) mass is 701 g/mol. The second-order valence-electron chi connectivity index (χ2n) is 14.6. The summed E-state index contributed by atoms with van der Waals surface area (Å²) >= 11 is 0. The second-order valence-corrected chi connectivity index (χ2v) is 14.6. The zero-order chi connectivity index (χ0) is 36.2. The molecule has 6 atom stereocenters. The Labute approximate surface area is 291 Å². The van der Waals surface area contributed by atoms with Crippen LogP contribution < -0.4 is 16.1 Å². The lowest BCUT2D eigenvalue weighted by Crippen LogP contribution is -2.58. The van der Waals surface area contributed by atoms with E-state index in [4.69, 9.17) is 14.3 Å². The standard InChI is InChI=1S/C35H48FN5O9/c1-21(42)20-48-39-31(45)35-16-23(35)12-8-6-5-7-9-14-27(37-32(46)50-34(2,3)4)30(44)41-18-24(15-28(41)29(43)38-35)49-33(47)40-17-22-11-10-13-26(36)25(22)19-40/h8,10-13,21,23-24,27-28,42H,5-7,9,14-20H2,1-4H3,(H,37,46)(H,38,43)(H,39,45)/b12-8-/t21-,23-,24+,27-,28-,35-/m0/s1. The maximum atomic E-state index is 14.4. The van der Waals surface area contributed by atoms with Crippen molar-refractivity contribution in [2.45, 2.75) is 121 Å². The lowest BCUT2D eigenvalue weighted by Gasteiger charge is -2.30. The number of halogens is 1. The number of aliphatic hydroxyl groups is 1. The molecule has 1 aromatic rings. The molecule has 4 aliphatic rings. The first-order valence-electron chi connectivity index (χ1n) is 17.3. The van der Waals surface area contributed by atoms with E-state index < -0.39 is 71.2 Å². The Morgan fingerprint density at radius 1 is 1.16 bits per heavy atom. The van der Waals surface area contributed by atoms with Crippen LogP contribution in [0.3, 0.4) is 0 Å². The van der Waals surface area contributed by atoms with Gasteiger partial charge in [0.15, 0.2) is 0 Å². The Kier molecular flexibility index (Phi) is 11.4. The zero-order valence-electron chi connectivity index (χ0n) is 29.0. The van der Waals surface area contributed by atoms with Gasteiger partial charge in [0.2, 0.25) is 11.8 Å². The molecule has 14 nitrogen and oxygen atoms in total. The van der Waals surface area contributed by atoms with Gasteiger partial charge in [-0.05, 0) is 65.0 Å². The Bertz CT molecular complexity index is 1500. The minimum atomic E-state index is -1.37. The summed E-state index contributed by atoms with van der Waals surface area (Å²) in [5.41, 5.74) is 1.22. The molecule has 3 heterocycles. The molecule has 15 heteroatoms. The van der Waals surface area contributed by atoms with Gasteiger partial charge in [0.05, 0.1) is 19.2 Å². The molecule has 0 radical (unpaired) electrons. The largest absolute Gasteiger partial charge is 0.444 e. The van der Waals surface area contributed by atoms with Crippen molar-refractivity contribution >= 4 is 29.9 Å². The molecule has 1 saturated carbocycles. The number of carbonyl (C=O) groups is 5. The molecule has 0 aromatic heterocycles. The van der Waals surface area contributed by atoms with Crippen LogP contribution in [0.4, 0.5) is 14.0 Å². The first kappa shape index (κ1) is 37.0. The van der Waals surface area contributed by atoms with E-state index in [1.165, 1.54) is 22.8 Å². The average molecular weight is 702 g/mol. The molecule has 3 aliphatic heterocycles. The number of benzene rings is 1. The fourth-order valence-corrected chi connectivity index (χ4v) is 6.66. The summed E-state index contributed by atoms with van der Waals surface area (Å²) in [6.45, 7) is 6.48. The number of aliphatic hydroxyl groups excluding tert-OH is 1. The van der Waals surface area contributed by atoms with Gasteiger partial charge >= 0.3 is 12.2 Å². The molecule has 50 heavy (non-hydrogen) atoms. The summed E-state index contributed by atoms with van der Waals surface area (Å²) in [5.74, 6) is -2.55. The lowest BCUT2D eigenvalue weighted by molar-refractivity contribution is -0.144. The van der Waals surface area contributed by atoms with Crippen molar-refractivity contribution < 1.29 is 47.8 Å². The molecule has 1 aromatic carbocycles. The highest BCUT2D eigenvalue weighted by Gasteiger charge is 2.61. The number of rotatable bonds is 6. The van der Waals surface area contributed by atoms with Gasteiger partial charge in [0.25, 0.3) is 5.91 Å². The molecule has 2 fully saturated rings. The van der Waals surface area contributed by atoms with Crippen molar-refractivity contribution in [2.24, 2.45) is 5.92 Å². The maximum Gasteiger partial charge on any atom is 0.410 e. The summed E-state index contributed by atoms with van der Waals surface area (Å²) in [6, 6.07) is 2.44. The van der Waals surface area contributed by atoms with Crippen LogP contribution in [0.5, 0.6) is 0 Å². The Morgan fingerprint density at radius 3 is 2.66 bits per heavy atom. The van der Waals surface area contributed by atoms with Crippen molar-refractivity contribution in [3.63, 3.8) is 0 Å². The Hall–Kier alpha value is -4.24. The van der Waals surface area contributed by atoms with Crippen LogP contribution in [-0.4, -0.2) is 93.4 Å². The summed E-state index contributed by atoms with van der Waals surface area (Å²) in [4.78, 5) is 75.7. The third-order valence-electron chi connectivity index (χ3n) is 9.28. The van der Waals surface area contributed by atoms with Crippen LogP contribution in [0.15, 0.2) is 30.4 Å². The molecule has 1 aliphatic carbocycles. The smallest absolute Gasteiger partial charge is 0.410 e. The number of ether oxygens (including phenoxy) is 2. The molecule has 1 saturated heterocycles. The highest BCUT2D eigenvalue weighted by atomic mass is 19.1. The fourth-order valence-electron chi connectivity index (χ4n) is 6.66. The molecule has 0 unspecified atom stereocenters. The normalized spacial score (nSPS) is 28.1. The molecule has 5 amide bonds. The zero-order valence-corrected chi connectivity index (χ0v) is 29.0. The van der Waals surface area contributed by atoms with Crippen LogP contribution in [0.1, 0.15) is 83.8 Å². The van der Waals surface area contributed by atoms with E-state index in [-0.39, 0.29) is 51.4 Å². The molecular weight excluding hydrogens is 653 g/mol. The summed E-state index contributed by atoms with van der Waals surface area (Å²) < 4.78 is 25.6. The molecule has 0 spiro atoms. The number of fused-ring (bicyclic) bond motifs is 3. The molecule has 4 N–H and O–H groups in total. The quantitative estimate of drug-likeness (QED) is 0.257. The minimum Gasteiger partial charge on any atom is -0.444 e. The minimum absolute atomic E-state index is 0.0195. The van der Waals surface area contributed by atoms with Gasteiger partial charge < -0.3 is 30.1 Å². The number of hydrogen-bond acceptors (Lipinski definition) is 9. The van der Waals surface area contributed by atoms with E-state index in [9.17, 15) is 33.5 Å². The Balaban J connectivity index is 1.38. The topological polar surface area (TPSA) is 176 Å². The second kappa shape index (κ2) is 15.3. The number of nitrogens with one attached hydrogen (secondary N) is 3. The van der Waals surface area contributed by atoms with E-state index in [0.717, 1.165) is 19.3 Å². The van der Waals surface area contributed by atoms with E-state index in [0.29, 0.717) is 17.5 Å². The summed E-state index contributed by atoms with van der Waals surface area (Å²) in [7, 11) is 0. The van der Waals surface area contributed by atoms with Gasteiger partial charge in [-0.1, -0.05) is 37.1 Å². The van der Waals surface area contributed by atoms with Gasteiger partial charge in [0.1, 0.15) is 41.8 Å². The predicted molar refractivity (Wildman–Crippen MR) is 176 cm³/mol. The van der Waals surface area contributed by atoms with Crippen LogP contribution >= 0.6 is 0 Å². The number of hydrogen-bond donors (Lipinski definition) is 4. The first-order valence-corrected chi connectivity index (χ1v) is 17.3. The summed E-state index contributed by atoms with van der Waals surface area (Å²) in [5, 5.41) is 15.1. The molecule has 5 rings (SSSR count). The van der Waals surface area contributed by atoms with Crippen molar-refractivity contribution in [1.82, 2.24) is 25.9 Å². The third kappa shape index (κ3) is 8.91. The number of allylic oxidation sites excluding steroid dienone is 1. The van der Waals surface area contributed by atoms with E-state index in [2.05, 4.69) is 16.1 Å². The van der Waals surface area contributed by atoms with Gasteiger partial charge in [-0.25, -0.2) is 19.5 Å². The number of alkyl carbamates (subject to hydrolysis) is 1. The highest BCUT2D eigenvalue weighted by Crippen LogP contribution is 2.45. The highest BCUT2D eigenvalue weighted by molar-refractivity contribution is 5.98. The van der Waals surface area contributed by atoms with Gasteiger partial charge in [-0.2, -0.15) is 0 Å². The van der Waals surface area contributed by atoms with Crippen molar-refractivity contribution in [1.29, 1.82) is 0 Å². The van der Waals surface area contributed by atoms with E-state index in [1.807, 2.05) is 12.2 Å². The third-order valence-corrected chi connectivity index (χ3v) is 9.28. The molecule has 0 bridgehead atoms. The SMILES string of the molecule is C[C@H](O)CONC(=O)[C@]12C[C@@H]1/C=C\CCCCC[C@H](NC(=O)OC(C)(C)C)C(=O)N1C[C@H](OC(=O)N3Cc4cccc(F)c4C3)C[C@H]1C(=O)N2. The van der Waals surface area contributed by atoms with Gasteiger partial charge in [0, 0.05) is 24.4 Å². The number of carbonyl (C=O) groups excluding carboxylic acids is 5. The molecule has 274 valence electrons. The van der Waals surface area contributed by atoms with Gasteiger partial charge in [-0.3, -0.25) is 24.1 Å². The van der Waals surface area contributed by atoms with E-state index >= 15 is 0 Å². The van der Waals surface area contributed by atoms with E-state index in [1.54, 1.807) is 32.9 Å². The van der Waals surface area contributed by atoms with Crippen LogP contribution in [-0.2, 0) is 41.8 Å². The van der Waals surface area contributed by atoms with Crippen LogP contribution in [0.2, 0.25) is 0 Å². The number of nitrogens with zero attached hydrogens (tertiary/aromatic N) is 2. The van der Waals surface area contributed by atoms with Gasteiger partial charge in [-0.15, -0.1) is 0 Å². The lowest BCUT2D eigenvalue weighted by atomic mass is 10.0. The molecular formula is C35H48FN5O9. The average Bonchev–Trinajstić information content (AvgIpc) is 3.33. The van der Waals surface area contributed by atoms with Crippen LogP contribution in [0, 0.1) is 11.7 Å². The summed E-state index contributed by atoms with van der Waals surface area (Å²) in [6.07, 6.45) is 3.97.